The fourth-order valence-corrected chi connectivity index (χ4v) is 4.27. The lowest BCUT2D eigenvalue weighted by molar-refractivity contribution is -0.130. The Hall–Kier alpha value is -2.54. The number of ether oxygens (including phenoxy) is 1. The Morgan fingerprint density at radius 2 is 1.69 bits per heavy atom. The molecule has 2 aromatic carbocycles. The number of nitrogens with zero attached hydrogens (tertiary/aromatic N) is 2. The van der Waals surface area contributed by atoms with Crippen LogP contribution in [-0.2, 0) is 21.4 Å². The van der Waals surface area contributed by atoms with Crippen LogP contribution in [0.25, 0.3) is 0 Å². The second-order valence-electron chi connectivity index (χ2n) is 7.35. The van der Waals surface area contributed by atoms with Crippen LogP contribution in [0.1, 0.15) is 29.5 Å². The van der Waals surface area contributed by atoms with E-state index in [4.69, 9.17) is 4.74 Å². The number of carbonyl (C=O) groups excluding carboxylic acids is 1. The standard InChI is InChI=1S/C22H30N2O4S/c1-17-13-18(2)15-20(14-17)24(29(5,26)27)12-8-11-22(25)23(3)16-19-9-6-7-10-21(19)28-4/h6-7,9-10,13-15H,8,11-12,16H2,1-5H3. The van der Waals surface area contributed by atoms with Gasteiger partial charge < -0.3 is 9.64 Å². The van der Waals surface area contributed by atoms with Gasteiger partial charge in [0.1, 0.15) is 5.75 Å². The van der Waals surface area contributed by atoms with Crippen LogP contribution >= 0.6 is 0 Å². The summed E-state index contributed by atoms with van der Waals surface area (Å²) in [6.45, 7) is 4.58. The highest BCUT2D eigenvalue weighted by Crippen LogP contribution is 2.22. The first-order valence-corrected chi connectivity index (χ1v) is 11.4. The average Bonchev–Trinajstić information content (AvgIpc) is 2.63. The molecule has 0 aromatic heterocycles. The Kier molecular flexibility index (Phi) is 7.67. The Morgan fingerprint density at radius 3 is 2.28 bits per heavy atom. The van der Waals surface area contributed by atoms with Gasteiger partial charge in [-0.25, -0.2) is 8.42 Å². The average molecular weight is 419 g/mol. The lowest BCUT2D eigenvalue weighted by Gasteiger charge is -2.24. The molecule has 0 heterocycles. The van der Waals surface area contributed by atoms with E-state index in [2.05, 4.69) is 0 Å². The third-order valence-corrected chi connectivity index (χ3v) is 5.87. The molecule has 0 aliphatic heterocycles. The Bertz CT molecular complexity index is 937. The van der Waals surface area contributed by atoms with Gasteiger partial charge in [-0.3, -0.25) is 9.10 Å². The van der Waals surface area contributed by atoms with Crippen molar-refractivity contribution in [1.82, 2.24) is 4.90 Å². The first-order chi connectivity index (χ1) is 13.6. The summed E-state index contributed by atoms with van der Waals surface area (Å²) in [5, 5.41) is 0. The largest absolute Gasteiger partial charge is 0.496 e. The van der Waals surface area contributed by atoms with Crippen molar-refractivity contribution in [2.24, 2.45) is 0 Å². The van der Waals surface area contributed by atoms with Crippen LogP contribution in [0.15, 0.2) is 42.5 Å². The van der Waals surface area contributed by atoms with Gasteiger partial charge in [0.2, 0.25) is 15.9 Å². The first kappa shape index (κ1) is 22.7. The number of para-hydroxylation sites is 1. The van der Waals surface area contributed by atoms with E-state index < -0.39 is 10.0 Å². The molecule has 7 heteroatoms. The number of benzene rings is 2. The third kappa shape index (κ3) is 6.49. The van der Waals surface area contributed by atoms with Gasteiger partial charge >= 0.3 is 0 Å². The van der Waals surface area contributed by atoms with Gasteiger partial charge in [0.25, 0.3) is 0 Å². The summed E-state index contributed by atoms with van der Waals surface area (Å²) < 4.78 is 31.3. The van der Waals surface area contributed by atoms with E-state index in [1.165, 1.54) is 10.6 Å². The van der Waals surface area contributed by atoms with Crippen molar-refractivity contribution in [3.05, 3.63) is 59.2 Å². The topological polar surface area (TPSA) is 66.9 Å². The molecule has 0 N–H and O–H groups in total. The van der Waals surface area contributed by atoms with Crippen LogP contribution < -0.4 is 9.04 Å². The smallest absolute Gasteiger partial charge is 0.232 e. The zero-order valence-electron chi connectivity index (χ0n) is 17.8. The van der Waals surface area contributed by atoms with E-state index in [1.54, 1.807) is 19.1 Å². The number of amides is 1. The highest BCUT2D eigenvalue weighted by atomic mass is 32.2. The van der Waals surface area contributed by atoms with Crippen LogP contribution in [0.2, 0.25) is 0 Å². The minimum absolute atomic E-state index is 0.0372. The van der Waals surface area contributed by atoms with Crippen LogP contribution in [0.3, 0.4) is 0 Å². The predicted octanol–water partition coefficient (Wildman–Crippen LogP) is 3.52. The summed E-state index contributed by atoms with van der Waals surface area (Å²) in [6, 6.07) is 13.3. The Morgan fingerprint density at radius 1 is 1.07 bits per heavy atom. The Labute approximate surface area is 174 Å². The second-order valence-corrected chi connectivity index (χ2v) is 9.25. The zero-order chi connectivity index (χ0) is 21.6. The molecule has 0 atom stereocenters. The monoisotopic (exact) mass is 418 g/mol. The van der Waals surface area contributed by atoms with Crippen molar-refractivity contribution < 1.29 is 17.9 Å². The van der Waals surface area contributed by atoms with E-state index in [0.717, 1.165) is 22.4 Å². The van der Waals surface area contributed by atoms with Crippen molar-refractivity contribution in [3.8, 4) is 5.75 Å². The van der Waals surface area contributed by atoms with Gasteiger partial charge in [0.05, 0.1) is 19.1 Å². The summed E-state index contributed by atoms with van der Waals surface area (Å²) in [4.78, 5) is 14.2. The van der Waals surface area contributed by atoms with Gasteiger partial charge in [-0.05, 0) is 49.6 Å². The summed E-state index contributed by atoms with van der Waals surface area (Å²) in [6.07, 6.45) is 1.90. The molecule has 0 saturated carbocycles. The summed E-state index contributed by atoms with van der Waals surface area (Å²) >= 11 is 0. The molecule has 0 aliphatic rings. The molecule has 0 unspecified atom stereocenters. The number of hydrogen-bond donors (Lipinski definition) is 0. The number of aryl methyl sites for hydroxylation is 2. The number of methoxy groups -OCH3 is 1. The quantitative estimate of drug-likeness (QED) is 0.625. The molecule has 2 aromatic rings. The fraction of sp³-hybridized carbons (Fsp3) is 0.409. The molecule has 0 spiro atoms. The molecule has 0 fully saturated rings. The molecule has 29 heavy (non-hydrogen) atoms. The maximum Gasteiger partial charge on any atom is 0.232 e. The summed E-state index contributed by atoms with van der Waals surface area (Å²) in [5.74, 6) is 0.704. The number of rotatable bonds is 9. The van der Waals surface area contributed by atoms with Crippen LogP contribution in [0, 0.1) is 13.8 Å². The second kappa shape index (κ2) is 9.78. The number of hydrogen-bond acceptors (Lipinski definition) is 4. The van der Waals surface area contributed by atoms with E-state index in [1.807, 2.05) is 56.3 Å². The van der Waals surface area contributed by atoms with Crippen LogP contribution in [0.4, 0.5) is 5.69 Å². The molecular weight excluding hydrogens is 388 g/mol. The number of sulfonamides is 1. The van der Waals surface area contributed by atoms with Crippen LogP contribution in [0.5, 0.6) is 5.75 Å². The van der Waals surface area contributed by atoms with Gasteiger partial charge in [0.15, 0.2) is 0 Å². The number of carbonyl (C=O) groups is 1. The molecule has 0 bridgehead atoms. The predicted molar refractivity (Wildman–Crippen MR) is 117 cm³/mol. The molecular formula is C22H30N2O4S. The van der Waals surface area contributed by atoms with E-state index in [-0.39, 0.29) is 18.9 Å². The van der Waals surface area contributed by atoms with E-state index in [9.17, 15) is 13.2 Å². The molecule has 0 aliphatic carbocycles. The summed E-state index contributed by atoms with van der Waals surface area (Å²) in [5.41, 5.74) is 3.57. The van der Waals surface area contributed by atoms with Gasteiger partial charge in [-0.15, -0.1) is 0 Å². The molecule has 158 valence electrons. The lowest BCUT2D eigenvalue weighted by Crippen LogP contribution is -2.32. The first-order valence-electron chi connectivity index (χ1n) is 9.53. The van der Waals surface area contributed by atoms with Crippen molar-refractivity contribution in [2.75, 3.05) is 31.3 Å². The molecule has 0 saturated heterocycles. The van der Waals surface area contributed by atoms with Crippen molar-refractivity contribution in [3.63, 3.8) is 0 Å². The molecule has 0 radical (unpaired) electrons. The SMILES string of the molecule is COc1ccccc1CN(C)C(=O)CCCN(c1cc(C)cc(C)c1)S(C)(=O)=O. The van der Waals surface area contributed by atoms with Crippen molar-refractivity contribution >= 4 is 21.6 Å². The maximum absolute atomic E-state index is 12.5. The maximum atomic E-state index is 12.5. The Balaban J connectivity index is 2.00. The molecule has 1 amide bonds. The summed E-state index contributed by atoms with van der Waals surface area (Å²) in [7, 11) is -0.0877. The molecule has 6 nitrogen and oxygen atoms in total. The van der Waals surface area contributed by atoms with E-state index >= 15 is 0 Å². The third-order valence-electron chi connectivity index (χ3n) is 4.67. The minimum atomic E-state index is -3.44. The minimum Gasteiger partial charge on any atom is -0.496 e. The van der Waals surface area contributed by atoms with Gasteiger partial charge in [0, 0.05) is 32.1 Å². The fourth-order valence-electron chi connectivity index (χ4n) is 3.32. The highest BCUT2D eigenvalue weighted by Gasteiger charge is 2.19. The normalized spacial score (nSPS) is 11.2. The lowest BCUT2D eigenvalue weighted by atomic mass is 10.1. The van der Waals surface area contributed by atoms with Crippen molar-refractivity contribution in [2.45, 2.75) is 33.2 Å². The highest BCUT2D eigenvalue weighted by molar-refractivity contribution is 7.92. The molecule has 2 rings (SSSR count). The van der Waals surface area contributed by atoms with Crippen LogP contribution in [-0.4, -0.2) is 46.2 Å². The van der Waals surface area contributed by atoms with Gasteiger partial charge in [-0.2, -0.15) is 0 Å². The van der Waals surface area contributed by atoms with Gasteiger partial charge in [-0.1, -0.05) is 24.3 Å². The zero-order valence-corrected chi connectivity index (χ0v) is 18.6. The van der Waals surface area contributed by atoms with Crippen molar-refractivity contribution in [1.29, 1.82) is 0 Å². The number of anilines is 1. The van der Waals surface area contributed by atoms with E-state index in [0.29, 0.717) is 18.7 Å².